The smallest absolute Gasteiger partial charge is 0.346 e. The van der Waals surface area contributed by atoms with Crippen molar-refractivity contribution < 1.29 is 19.1 Å². The van der Waals surface area contributed by atoms with E-state index in [9.17, 15) is 9.59 Å². The average Bonchev–Trinajstić information content (AvgIpc) is 3.18. The van der Waals surface area contributed by atoms with Gasteiger partial charge in [0.15, 0.2) is 0 Å². The van der Waals surface area contributed by atoms with Crippen molar-refractivity contribution in [2.75, 3.05) is 6.61 Å². The van der Waals surface area contributed by atoms with Gasteiger partial charge in [-0.15, -0.1) is 5.54 Å². The lowest BCUT2D eigenvalue weighted by Crippen LogP contribution is -2.43. The predicted octanol–water partition coefficient (Wildman–Crippen LogP) is 7.08. The van der Waals surface area contributed by atoms with E-state index in [0.717, 1.165) is 15.6 Å². The summed E-state index contributed by atoms with van der Waals surface area (Å²) in [6, 6.07) is 7.37. The Balaban J connectivity index is 2.52. The molecule has 1 aliphatic rings. The molecule has 0 N–H and O–H groups in total. The van der Waals surface area contributed by atoms with Crippen LogP contribution in [0.15, 0.2) is 35.4 Å². The molecule has 0 aromatic heterocycles. The molecule has 1 fully saturated rings. The number of hydrogen-bond acceptors (Lipinski definition) is 4. The quantitative estimate of drug-likeness (QED) is 0.114. The summed E-state index contributed by atoms with van der Waals surface area (Å²) in [4.78, 5) is 25.9. The second-order valence-electron chi connectivity index (χ2n) is 9.53. The van der Waals surface area contributed by atoms with Crippen LogP contribution in [0.5, 0.6) is 0 Å². The summed E-state index contributed by atoms with van der Waals surface area (Å²) < 4.78 is 12.1. The minimum atomic E-state index is -2.04. The Morgan fingerprint density at radius 2 is 1.70 bits per heavy atom. The molecule has 0 amide bonds. The Bertz CT molecular complexity index is 931. The summed E-state index contributed by atoms with van der Waals surface area (Å²) in [5.41, 5.74) is 6.76. The van der Waals surface area contributed by atoms with Crippen molar-refractivity contribution in [1.29, 1.82) is 0 Å². The number of benzene rings is 1. The third-order valence-corrected chi connectivity index (χ3v) is 13.9. The van der Waals surface area contributed by atoms with E-state index in [1.807, 2.05) is 18.2 Å². The molecule has 33 heavy (non-hydrogen) atoms. The third kappa shape index (κ3) is 6.30. The second kappa shape index (κ2) is 12.2. The molecule has 2 rings (SSSR count). The number of halogens is 1. The van der Waals surface area contributed by atoms with E-state index < -0.39 is 20.1 Å². The molecule has 0 saturated heterocycles. The van der Waals surface area contributed by atoms with Crippen LogP contribution in [0.3, 0.4) is 0 Å². The molecule has 0 aliphatic heterocycles. The van der Waals surface area contributed by atoms with Gasteiger partial charge in [-0.3, -0.25) is 0 Å². The van der Waals surface area contributed by atoms with Crippen molar-refractivity contribution in [2.45, 2.75) is 90.5 Å². The summed E-state index contributed by atoms with van der Waals surface area (Å²) in [5, 5.41) is 0. The highest BCUT2D eigenvalue weighted by Crippen LogP contribution is 2.41. The minimum Gasteiger partial charge on any atom is -0.462 e. The summed E-state index contributed by atoms with van der Waals surface area (Å²) in [6.07, 6.45) is 1.78. The number of rotatable bonds is 7. The number of carbonyl (C=O) groups is 2. The van der Waals surface area contributed by atoms with Gasteiger partial charge in [0.05, 0.1) is 12.2 Å². The first kappa shape index (κ1) is 27.6. The Labute approximate surface area is 214 Å². The van der Waals surface area contributed by atoms with Gasteiger partial charge < -0.3 is 9.47 Å². The fourth-order valence-corrected chi connectivity index (χ4v) is 10.9. The number of carbonyl (C=O) groups excluding carboxylic acids is 2. The SMILES string of the molecule is CCOC(=O)/C(C#C[Si](C(C)C)(C(C)C)C(C)C)=C1\CCC[C@@H]1OC(=O)c1ccccc1I. The van der Waals surface area contributed by atoms with E-state index in [4.69, 9.17) is 9.47 Å². The normalized spacial score (nSPS) is 17.7. The second-order valence-corrected chi connectivity index (χ2v) is 16.3. The zero-order valence-electron chi connectivity index (χ0n) is 21.0. The molecule has 1 saturated carbocycles. The van der Waals surface area contributed by atoms with Crippen LogP contribution < -0.4 is 0 Å². The first-order chi connectivity index (χ1) is 15.6. The van der Waals surface area contributed by atoms with E-state index in [-0.39, 0.29) is 12.6 Å². The van der Waals surface area contributed by atoms with Crippen molar-refractivity contribution in [1.82, 2.24) is 0 Å². The predicted molar refractivity (Wildman–Crippen MR) is 145 cm³/mol. The molecule has 1 aromatic rings. The molecule has 0 radical (unpaired) electrons. The van der Waals surface area contributed by atoms with E-state index >= 15 is 0 Å². The summed E-state index contributed by atoms with van der Waals surface area (Å²) in [7, 11) is -2.04. The van der Waals surface area contributed by atoms with Gasteiger partial charge in [-0.1, -0.05) is 59.6 Å². The molecule has 0 heterocycles. The average molecular weight is 581 g/mol. The molecular formula is C27H37IO4Si. The van der Waals surface area contributed by atoms with Crippen LogP contribution in [0.2, 0.25) is 16.6 Å². The van der Waals surface area contributed by atoms with Crippen LogP contribution in [-0.4, -0.2) is 32.7 Å². The van der Waals surface area contributed by atoms with Crippen LogP contribution in [-0.2, 0) is 14.3 Å². The summed E-state index contributed by atoms with van der Waals surface area (Å²) >= 11 is 2.14. The molecule has 4 nitrogen and oxygen atoms in total. The fourth-order valence-electron chi connectivity index (χ4n) is 5.12. The van der Waals surface area contributed by atoms with Crippen molar-refractivity contribution in [2.24, 2.45) is 0 Å². The molecule has 1 aliphatic carbocycles. The maximum Gasteiger partial charge on any atom is 0.346 e. The van der Waals surface area contributed by atoms with E-state index in [1.165, 1.54) is 0 Å². The van der Waals surface area contributed by atoms with Gasteiger partial charge in [-0.25, -0.2) is 9.59 Å². The molecule has 180 valence electrons. The van der Waals surface area contributed by atoms with Crippen LogP contribution in [0.4, 0.5) is 0 Å². The van der Waals surface area contributed by atoms with Gasteiger partial charge in [-0.2, -0.15) is 0 Å². The van der Waals surface area contributed by atoms with Gasteiger partial charge in [0.25, 0.3) is 0 Å². The Kier molecular flexibility index (Phi) is 10.2. The lowest BCUT2D eigenvalue weighted by molar-refractivity contribution is -0.138. The first-order valence-electron chi connectivity index (χ1n) is 11.9. The standard InChI is InChI=1S/C27H37IO4Si/c1-8-31-26(29)22(16-17-33(18(2)3,19(4)5)20(6)7)21-13-11-15-25(21)32-27(30)23-12-9-10-14-24(23)28/h9-10,12,14,18-20,25H,8,11,13,15H2,1-7H3/b22-21+/t25-/m0/s1. The number of hydrogen-bond donors (Lipinski definition) is 0. The van der Waals surface area contributed by atoms with Crippen LogP contribution >= 0.6 is 22.6 Å². The highest BCUT2D eigenvalue weighted by Gasteiger charge is 2.42. The van der Waals surface area contributed by atoms with Crippen LogP contribution in [0.25, 0.3) is 0 Å². The van der Waals surface area contributed by atoms with Crippen LogP contribution in [0.1, 0.15) is 78.1 Å². The topological polar surface area (TPSA) is 52.6 Å². The zero-order valence-corrected chi connectivity index (χ0v) is 24.1. The van der Waals surface area contributed by atoms with E-state index in [2.05, 4.69) is 75.6 Å². The Morgan fingerprint density at radius 1 is 1.09 bits per heavy atom. The molecule has 0 unspecified atom stereocenters. The van der Waals surface area contributed by atoms with Gasteiger partial charge in [0, 0.05) is 3.57 Å². The maximum atomic E-state index is 13.0. The zero-order chi connectivity index (χ0) is 24.8. The molecule has 6 heteroatoms. The third-order valence-electron chi connectivity index (χ3n) is 6.71. The Morgan fingerprint density at radius 3 is 2.24 bits per heavy atom. The highest BCUT2D eigenvalue weighted by atomic mass is 127. The van der Waals surface area contributed by atoms with Crippen molar-refractivity contribution in [3.05, 3.63) is 44.5 Å². The molecule has 0 spiro atoms. The van der Waals surface area contributed by atoms with Gasteiger partial charge >= 0.3 is 11.9 Å². The van der Waals surface area contributed by atoms with E-state index in [1.54, 1.807) is 13.0 Å². The highest BCUT2D eigenvalue weighted by molar-refractivity contribution is 14.1. The molecule has 1 atom stereocenters. The molecule has 0 bridgehead atoms. The van der Waals surface area contributed by atoms with Gasteiger partial charge in [0.1, 0.15) is 19.8 Å². The monoisotopic (exact) mass is 580 g/mol. The summed E-state index contributed by atoms with van der Waals surface area (Å²) in [6.45, 7) is 15.6. The largest absolute Gasteiger partial charge is 0.462 e. The Hall–Kier alpha value is -1.59. The minimum absolute atomic E-state index is 0.283. The number of esters is 2. The van der Waals surface area contributed by atoms with E-state index in [0.29, 0.717) is 40.6 Å². The lowest BCUT2D eigenvalue weighted by atomic mass is 10.1. The van der Waals surface area contributed by atoms with Crippen LogP contribution in [0, 0.1) is 15.0 Å². The molecular weight excluding hydrogens is 543 g/mol. The van der Waals surface area contributed by atoms with Crippen molar-refractivity contribution in [3.63, 3.8) is 0 Å². The lowest BCUT2D eigenvalue weighted by Gasteiger charge is -2.38. The molecule has 1 aromatic carbocycles. The van der Waals surface area contributed by atoms with Gasteiger partial charge in [-0.05, 0) is 83.1 Å². The number of ether oxygens (including phenoxy) is 2. The maximum absolute atomic E-state index is 13.0. The summed E-state index contributed by atoms with van der Waals surface area (Å²) in [5.74, 6) is 2.54. The van der Waals surface area contributed by atoms with Gasteiger partial charge in [0.2, 0.25) is 0 Å². The van der Waals surface area contributed by atoms with Crippen molar-refractivity contribution in [3.8, 4) is 11.5 Å². The van der Waals surface area contributed by atoms with Crippen molar-refractivity contribution >= 4 is 42.6 Å². The fraction of sp³-hybridized carbons (Fsp3) is 0.556. The first-order valence-corrected chi connectivity index (χ1v) is 15.3.